The number of nitrogens with zero attached hydrogens (tertiary/aromatic N) is 2. The van der Waals surface area contributed by atoms with E-state index in [9.17, 15) is 4.79 Å². The number of amides is 1. The summed E-state index contributed by atoms with van der Waals surface area (Å²) in [7, 11) is 0. The molecule has 1 atom stereocenters. The predicted octanol–water partition coefficient (Wildman–Crippen LogP) is 0.116. The van der Waals surface area contributed by atoms with Crippen LogP contribution in [0.5, 0.6) is 0 Å². The van der Waals surface area contributed by atoms with E-state index in [1.165, 1.54) is 0 Å². The highest BCUT2D eigenvalue weighted by Crippen LogP contribution is 2.06. The normalized spacial score (nSPS) is 12.2. The fourth-order valence-electron chi connectivity index (χ4n) is 1.19. The lowest BCUT2D eigenvalue weighted by atomic mass is 10.3. The summed E-state index contributed by atoms with van der Waals surface area (Å²) in [6.45, 7) is 7.55. The minimum absolute atomic E-state index is 0.0982. The van der Waals surface area contributed by atoms with Crippen molar-refractivity contribution in [3.63, 3.8) is 0 Å². The van der Waals surface area contributed by atoms with Crippen LogP contribution in [0.2, 0.25) is 0 Å². The van der Waals surface area contributed by atoms with Gasteiger partial charge in [0.1, 0.15) is 6.04 Å². The second kappa shape index (κ2) is 6.85. The van der Waals surface area contributed by atoms with Gasteiger partial charge < -0.3 is 20.4 Å². The summed E-state index contributed by atoms with van der Waals surface area (Å²) in [4.78, 5) is 11.5. The van der Waals surface area contributed by atoms with E-state index in [-0.39, 0.29) is 11.9 Å². The van der Waals surface area contributed by atoms with Crippen molar-refractivity contribution in [2.24, 2.45) is 0 Å². The molecule has 7 nitrogen and oxygen atoms in total. The Bertz CT molecular complexity index is 352. The Morgan fingerprint density at radius 1 is 1.35 bits per heavy atom. The Kier molecular flexibility index (Phi) is 5.41. The molecule has 0 fully saturated rings. The Morgan fingerprint density at radius 2 is 2.12 bits per heavy atom. The number of nitrogens with one attached hydrogen (secondary N) is 3. The molecule has 96 valence electrons. The molecule has 1 aromatic heterocycles. The average molecular weight is 241 g/mol. The van der Waals surface area contributed by atoms with Crippen molar-refractivity contribution in [1.82, 2.24) is 20.8 Å². The molecule has 0 saturated carbocycles. The molecule has 3 N–H and O–H groups in total. The van der Waals surface area contributed by atoms with Gasteiger partial charge in [-0.3, -0.25) is 4.79 Å². The van der Waals surface area contributed by atoms with E-state index in [4.69, 9.17) is 4.42 Å². The second-order valence-corrected chi connectivity index (χ2v) is 3.54. The van der Waals surface area contributed by atoms with Crippen LogP contribution in [0.15, 0.2) is 4.42 Å². The molecule has 17 heavy (non-hydrogen) atoms. The summed E-state index contributed by atoms with van der Waals surface area (Å²) in [6, 6.07) is -0.140. The molecule has 1 unspecified atom stereocenters. The topological polar surface area (TPSA) is 92.1 Å². The SMILES string of the molecule is CCNCc1nnc(NC(C)C(=O)NCC)o1. The molecule has 7 heteroatoms. The summed E-state index contributed by atoms with van der Waals surface area (Å²) in [5.41, 5.74) is 0. The number of carbonyl (C=O) groups excluding carboxylic acids is 1. The number of aromatic nitrogens is 2. The smallest absolute Gasteiger partial charge is 0.316 e. The largest absolute Gasteiger partial charge is 0.407 e. The molecule has 0 saturated heterocycles. The standard InChI is InChI=1S/C10H19N5O2/c1-4-11-6-8-14-15-10(17-8)13-7(3)9(16)12-5-2/h7,11H,4-6H2,1-3H3,(H,12,16)(H,13,15). The van der Waals surface area contributed by atoms with Gasteiger partial charge in [0.2, 0.25) is 11.8 Å². The third-order valence-electron chi connectivity index (χ3n) is 2.08. The van der Waals surface area contributed by atoms with E-state index in [1.54, 1.807) is 6.92 Å². The molecule has 0 aliphatic heterocycles. The van der Waals surface area contributed by atoms with Crippen molar-refractivity contribution >= 4 is 11.9 Å². The third kappa shape index (κ3) is 4.39. The lowest BCUT2D eigenvalue weighted by Gasteiger charge is -2.10. The molecule has 0 aliphatic rings. The molecule has 1 rings (SSSR count). The fourth-order valence-corrected chi connectivity index (χ4v) is 1.19. The minimum Gasteiger partial charge on any atom is -0.407 e. The zero-order valence-electron chi connectivity index (χ0n) is 10.4. The van der Waals surface area contributed by atoms with E-state index in [1.807, 2.05) is 13.8 Å². The van der Waals surface area contributed by atoms with E-state index < -0.39 is 6.04 Å². The van der Waals surface area contributed by atoms with Gasteiger partial charge >= 0.3 is 6.01 Å². The van der Waals surface area contributed by atoms with E-state index in [0.717, 1.165) is 6.54 Å². The fraction of sp³-hybridized carbons (Fsp3) is 0.700. The van der Waals surface area contributed by atoms with Crippen LogP contribution in [0.4, 0.5) is 6.01 Å². The van der Waals surface area contributed by atoms with Gasteiger partial charge in [-0.2, -0.15) is 0 Å². The van der Waals surface area contributed by atoms with Crippen LogP contribution in [0.25, 0.3) is 0 Å². The van der Waals surface area contributed by atoms with Gasteiger partial charge in [-0.05, 0) is 20.4 Å². The third-order valence-corrected chi connectivity index (χ3v) is 2.08. The van der Waals surface area contributed by atoms with Crippen molar-refractivity contribution < 1.29 is 9.21 Å². The molecule has 0 spiro atoms. The number of likely N-dealkylation sites (N-methyl/N-ethyl adjacent to an activating group) is 1. The number of rotatable bonds is 7. The van der Waals surface area contributed by atoms with Gasteiger partial charge in [-0.1, -0.05) is 12.0 Å². The minimum atomic E-state index is -0.401. The first-order chi connectivity index (χ1) is 8.17. The Hall–Kier alpha value is -1.63. The van der Waals surface area contributed by atoms with Crippen LogP contribution in [0.3, 0.4) is 0 Å². The van der Waals surface area contributed by atoms with Crippen molar-refractivity contribution in [1.29, 1.82) is 0 Å². The van der Waals surface area contributed by atoms with Gasteiger partial charge in [-0.15, -0.1) is 5.10 Å². The Morgan fingerprint density at radius 3 is 2.76 bits per heavy atom. The van der Waals surface area contributed by atoms with Gasteiger partial charge in [-0.25, -0.2) is 0 Å². The maximum atomic E-state index is 11.5. The molecule has 0 aromatic carbocycles. The predicted molar refractivity (Wildman–Crippen MR) is 63.4 cm³/mol. The quantitative estimate of drug-likeness (QED) is 0.628. The Labute approximate surface area is 100 Å². The second-order valence-electron chi connectivity index (χ2n) is 3.54. The summed E-state index contributed by atoms with van der Waals surface area (Å²) in [5, 5.41) is 16.3. The van der Waals surface area contributed by atoms with Crippen LogP contribution in [0, 0.1) is 0 Å². The highest BCUT2D eigenvalue weighted by molar-refractivity contribution is 5.83. The van der Waals surface area contributed by atoms with Crippen molar-refractivity contribution in [3.05, 3.63) is 5.89 Å². The highest BCUT2D eigenvalue weighted by Gasteiger charge is 2.14. The first-order valence-electron chi connectivity index (χ1n) is 5.74. The molecule has 1 amide bonds. The first kappa shape index (κ1) is 13.4. The summed E-state index contributed by atoms with van der Waals surface area (Å²) in [6.07, 6.45) is 0. The lowest BCUT2D eigenvalue weighted by Crippen LogP contribution is -2.37. The monoisotopic (exact) mass is 241 g/mol. The average Bonchev–Trinajstić information content (AvgIpc) is 2.74. The van der Waals surface area contributed by atoms with Crippen LogP contribution >= 0.6 is 0 Å². The van der Waals surface area contributed by atoms with E-state index in [0.29, 0.717) is 19.0 Å². The van der Waals surface area contributed by atoms with Crippen LogP contribution < -0.4 is 16.0 Å². The van der Waals surface area contributed by atoms with Gasteiger partial charge in [0.05, 0.1) is 6.54 Å². The molecular weight excluding hydrogens is 222 g/mol. The molecule has 0 bridgehead atoms. The van der Waals surface area contributed by atoms with Crippen LogP contribution in [-0.2, 0) is 11.3 Å². The molecular formula is C10H19N5O2. The summed E-state index contributed by atoms with van der Waals surface area (Å²) in [5.74, 6) is 0.399. The van der Waals surface area contributed by atoms with Crippen LogP contribution in [-0.4, -0.2) is 35.2 Å². The molecule has 0 aliphatic carbocycles. The molecule has 1 heterocycles. The van der Waals surface area contributed by atoms with Gasteiger partial charge in [0.15, 0.2) is 0 Å². The highest BCUT2D eigenvalue weighted by atomic mass is 16.4. The summed E-state index contributed by atoms with van der Waals surface area (Å²) < 4.78 is 5.31. The summed E-state index contributed by atoms with van der Waals surface area (Å²) >= 11 is 0. The van der Waals surface area contributed by atoms with Crippen LogP contribution in [0.1, 0.15) is 26.7 Å². The Balaban J connectivity index is 2.45. The number of anilines is 1. The van der Waals surface area contributed by atoms with E-state index in [2.05, 4.69) is 26.1 Å². The van der Waals surface area contributed by atoms with Crippen molar-refractivity contribution in [2.75, 3.05) is 18.4 Å². The molecule has 1 aromatic rings. The zero-order chi connectivity index (χ0) is 12.7. The van der Waals surface area contributed by atoms with Crippen molar-refractivity contribution in [2.45, 2.75) is 33.4 Å². The number of carbonyl (C=O) groups is 1. The van der Waals surface area contributed by atoms with Gasteiger partial charge in [0, 0.05) is 6.54 Å². The first-order valence-corrected chi connectivity index (χ1v) is 5.74. The maximum absolute atomic E-state index is 11.5. The zero-order valence-corrected chi connectivity index (χ0v) is 10.4. The van der Waals surface area contributed by atoms with Crippen molar-refractivity contribution in [3.8, 4) is 0 Å². The lowest BCUT2D eigenvalue weighted by molar-refractivity contribution is -0.121. The number of hydrogen-bond donors (Lipinski definition) is 3. The van der Waals surface area contributed by atoms with E-state index >= 15 is 0 Å². The number of hydrogen-bond acceptors (Lipinski definition) is 6. The maximum Gasteiger partial charge on any atom is 0.316 e. The van der Waals surface area contributed by atoms with Gasteiger partial charge in [0.25, 0.3) is 0 Å². The molecule has 0 radical (unpaired) electrons.